The Morgan fingerprint density at radius 3 is 2.45 bits per heavy atom. The molecule has 1 aromatic carbocycles. The molecule has 0 amide bonds. The Labute approximate surface area is 64.9 Å². The van der Waals surface area contributed by atoms with E-state index in [2.05, 4.69) is 6.92 Å². The van der Waals surface area contributed by atoms with E-state index in [-0.39, 0.29) is 5.92 Å². The van der Waals surface area contributed by atoms with Gasteiger partial charge in [-0.3, -0.25) is 0 Å². The lowest BCUT2D eigenvalue weighted by atomic mass is 10.0. The molecular weight excluding hydrogens is 146 g/mol. The minimum absolute atomic E-state index is 0.217. The van der Waals surface area contributed by atoms with Crippen molar-refractivity contribution < 1.29 is 8.78 Å². The molecule has 1 radical (unpaired) electrons. The fourth-order valence-electron chi connectivity index (χ4n) is 0.892. The van der Waals surface area contributed by atoms with Crippen molar-refractivity contribution in [3.8, 4) is 0 Å². The van der Waals surface area contributed by atoms with Crippen molar-refractivity contribution >= 4 is 0 Å². The Morgan fingerprint density at radius 2 is 2.00 bits per heavy atom. The highest BCUT2D eigenvalue weighted by Crippen LogP contribution is 2.18. The third kappa shape index (κ3) is 1.76. The van der Waals surface area contributed by atoms with Gasteiger partial charge in [-0.05, 0) is 36.6 Å². The van der Waals surface area contributed by atoms with Crippen LogP contribution in [0, 0.1) is 18.6 Å². The summed E-state index contributed by atoms with van der Waals surface area (Å²) in [6.07, 6.45) is 0. The second kappa shape index (κ2) is 2.99. The van der Waals surface area contributed by atoms with E-state index in [0.29, 0.717) is 5.56 Å². The Balaban J connectivity index is 3.13. The maximum atomic E-state index is 12.8. The summed E-state index contributed by atoms with van der Waals surface area (Å²) in [6, 6.07) is 3.39. The molecule has 1 rings (SSSR count). The van der Waals surface area contributed by atoms with Crippen molar-refractivity contribution in [2.75, 3.05) is 0 Å². The van der Waals surface area contributed by atoms with Crippen LogP contribution in [0.4, 0.5) is 8.78 Å². The lowest BCUT2D eigenvalue weighted by molar-refractivity contribution is 0.581. The summed E-state index contributed by atoms with van der Waals surface area (Å²) in [5.74, 6) is -1.03. The van der Waals surface area contributed by atoms with E-state index < -0.39 is 11.6 Å². The number of rotatable bonds is 1. The van der Waals surface area contributed by atoms with E-state index in [1.807, 2.05) is 0 Å². The van der Waals surface area contributed by atoms with Gasteiger partial charge in [0, 0.05) is 0 Å². The smallest absolute Gasteiger partial charge is 0.126 e. The summed E-state index contributed by atoms with van der Waals surface area (Å²) in [6.45, 7) is 5.32. The molecule has 59 valence electrons. The molecule has 0 spiro atoms. The van der Waals surface area contributed by atoms with Gasteiger partial charge in [0.15, 0.2) is 0 Å². The first-order valence-electron chi connectivity index (χ1n) is 3.39. The molecule has 0 aliphatic carbocycles. The molecule has 1 atom stereocenters. The summed E-state index contributed by atoms with van der Waals surface area (Å²) in [5, 5.41) is 0. The van der Waals surface area contributed by atoms with Crippen LogP contribution in [0.1, 0.15) is 18.4 Å². The molecule has 0 saturated carbocycles. The number of hydrogen-bond acceptors (Lipinski definition) is 0. The zero-order chi connectivity index (χ0) is 8.43. The predicted molar refractivity (Wildman–Crippen MR) is 40.1 cm³/mol. The van der Waals surface area contributed by atoms with Crippen molar-refractivity contribution in [1.82, 2.24) is 0 Å². The summed E-state index contributed by atoms with van der Waals surface area (Å²) < 4.78 is 25.3. The van der Waals surface area contributed by atoms with E-state index in [9.17, 15) is 8.78 Å². The number of halogens is 2. The minimum atomic E-state index is -0.420. The van der Waals surface area contributed by atoms with Crippen LogP contribution < -0.4 is 0 Å². The number of hydrogen-bond donors (Lipinski definition) is 0. The van der Waals surface area contributed by atoms with E-state index in [1.165, 1.54) is 6.07 Å². The highest BCUT2D eigenvalue weighted by Gasteiger charge is 2.06. The fraction of sp³-hybridized carbons (Fsp3) is 0.222. The van der Waals surface area contributed by atoms with Gasteiger partial charge < -0.3 is 0 Å². The molecule has 0 aliphatic rings. The zero-order valence-corrected chi connectivity index (χ0v) is 6.27. The predicted octanol–water partition coefficient (Wildman–Crippen LogP) is 2.90. The monoisotopic (exact) mass is 155 g/mol. The molecular formula is C9H9F2. The molecule has 0 bridgehead atoms. The van der Waals surface area contributed by atoms with Crippen molar-refractivity contribution in [1.29, 1.82) is 0 Å². The van der Waals surface area contributed by atoms with Gasteiger partial charge in [0.25, 0.3) is 0 Å². The fourth-order valence-corrected chi connectivity index (χ4v) is 0.892. The molecule has 1 unspecified atom stereocenters. The molecule has 0 fully saturated rings. The second-order valence-electron chi connectivity index (χ2n) is 2.57. The van der Waals surface area contributed by atoms with Gasteiger partial charge >= 0.3 is 0 Å². The van der Waals surface area contributed by atoms with Gasteiger partial charge in [0.2, 0.25) is 0 Å². The minimum Gasteiger partial charge on any atom is -0.207 e. The first-order valence-corrected chi connectivity index (χ1v) is 3.39. The quantitative estimate of drug-likeness (QED) is 0.585. The third-order valence-corrected chi connectivity index (χ3v) is 1.49. The van der Waals surface area contributed by atoms with E-state index in [4.69, 9.17) is 0 Å². The maximum absolute atomic E-state index is 12.8. The Hall–Kier alpha value is -0.920. The van der Waals surface area contributed by atoms with Gasteiger partial charge in [-0.15, -0.1) is 0 Å². The van der Waals surface area contributed by atoms with Gasteiger partial charge in [0.05, 0.1) is 0 Å². The molecule has 0 heterocycles. The average Bonchev–Trinajstić information content (AvgIpc) is 1.94. The molecule has 0 N–H and O–H groups in total. The highest BCUT2D eigenvalue weighted by atomic mass is 19.1. The Bertz CT molecular complexity index is 254. The Kier molecular flexibility index (Phi) is 2.22. The van der Waals surface area contributed by atoms with Crippen molar-refractivity contribution in [2.45, 2.75) is 12.8 Å². The maximum Gasteiger partial charge on any atom is 0.126 e. The number of benzene rings is 1. The summed E-state index contributed by atoms with van der Waals surface area (Å²) in [5.41, 5.74) is 0.324. The second-order valence-corrected chi connectivity index (χ2v) is 2.57. The van der Waals surface area contributed by atoms with Gasteiger partial charge in [0.1, 0.15) is 11.6 Å². The SMILES string of the molecule is [CH2]C(C)c1cc(F)ccc1F. The van der Waals surface area contributed by atoms with Crippen LogP contribution in [-0.4, -0.2) is 0 Å². The van der Waals surface area contributed by atoms with Crippen LogP contribution in [0.25, 0.3) is 0 Å². The van der Waals surface area contributed by atoms with Crippen LogP contribution in [0.3, 0.4) is 0 Å². The summed E-state index contributed by atoms with van der Waals surface area (Å²) in [7, 11) is 0. The van der Waals surface area contributed by atoms with Gasteiger partial charge in [-0.2, -0.15) is 0 Å². The average molecular weight is 155 g/mol. The Morgan fingerprint density at radius 1 is 1.36 bits per heavy atom. The molecule has 0 aliphatic heterocycles. The van der Waals surface area contributed by atoms with E-state index >= 15 is 0 Å². The van der Waals surface area contributed by atoms with Gasteiger partial charge in [-0.25, -0.2) is 8.78 Å². The van der Waals surface area contributed by atoms with E-state index in [1.54, 1.807) is 6.92 Å². The first kappa shape index (κ1) is 8.18. The summed E-state index contributed by atoms with van der Waals surface area (Å²) >= 11 is 0. The zero-order valence-electron chi connectivity index (χ0n) is 6.27. The third-order valence-electron chi connectivity index (χ3n) is 1.49. The molecule has 0 aromatic heterocycles. The normalized spacial score (nSPS) is 10.6. The van der Waals surface area contributed by atoms with Crippen LogP contribution >= 0.6 is 0 Å². The van der Waals surface area contributed by atoms with Crippen LogP contribution in [0.5, 0.6) is 0 Å². The highest BCUT2D eigenvalue weighted by molar-refractivity contribution is 5.22. The van der Waals surface area contributed by atoms with E-state index in [0.717, 1.165) is 12.1 Å². The largest absolute Gasteiger partial charge is 0.207 e. The molecule has 1 aromatic rings. The standard InChI is InChI=1S/C9H9F2/c1-6(2)8-5-7(10)3-4-9(8)11/h3-6H,1H2,2H3. The topological polar surface area (TPSA) is 0 Å². The van der Waals surface area contributed by atoms with Crippen LogP contribution in [-0.2, 0) is 0 Å². The first-order chi connectivity index (χ1) is 5.11. The lowest BCUT2D eigenvalue weighted by Crippen LogP contribution is -1.93. The van der Waals surface area contributed by atoms with Crippen molar-refractivity contribution in [3.63, 3.8) is 0 Å². The van der Waals surface area contributed by atoms with Gasteiger partial charge in [-0.1, -0.05) is 6.92 Å². The molecule has 11 heavy (non-hydrogen) atoms. The molecule has 0 nitrogen and oxygen atoms in total. The summed E-state index contributed by atoms with van der Waals surface area (Å²) in [4.78, 5) is 0. The van der Waals surface area contributed by atoms with Crippen molar-refractivity contribution in [2.24, 2.45) is 0 Å². The molecule has 2 heteroatoms. The molecule has 0 saturated heterocycles. The van der Waals surface area contributed by atoms with Crippen molar-refractivity contribution in [3.05, 3.63) is 42.3 Å². The van der Waals surface area contributed by atoms with Crippen LogP contribution in [0.15, 0.2) is 18.2 Å². The lowest BCUT2D eigenvalue weighted by Gasteiger charge is -2.05. The van der Waals surface area contributed by atoms with Crippen LogP contribution in [0.2, 0.25) is 0 Å².